The van der Waals surface area contributed by atoms with E-state index in [4.69, 9.17) is 11.6 Å². The van der Waals surface area contributed by atoms with Crippen molar-refractivity contribution in [2.75, 3.05) is 12.4 Å². The second-order valence-electron chi connectivity index (χ2n) is 2.58. The summed E-state index contributed by atoms with van der Waals surface area (Å²) in [6.45, 7) is 1.63. The van der Waals surface area contributed by atoms with Crippen LogP contribution in [0.2, 0.25) is 5.02 Å². The van der Waals surface area contributed by atoms with Gasteiger partial charge in [0.1, 0.15) is 5.69 Å². The monoisotopic (exact) mass is 200 g/mol. The summed E-state index contributed by atoms with van der Waals surface area (Å²) in [5.74, 6) is 0. The molecule has 4 nitrogen and oxygen atoms in total. The molecule has 1 N–H and O–H groups in total. The fourth-order valence-corrected chi connectivity index (χ4v) is 1.27. The van der Waals surface area contributed by atoms with Crippen LogP contribution in [0.3, 0.4) is 0 Å². The topological polar surface area (TPSA) is 55.2 Å². The molecular formula is C8H9ClN2O2. The van der Waals surface area contributed by atoms with Crippen molar-refractivity contribution in [1.82, 2.24) is 0 Å². The maximum Gasteiger partial charge on any atom is 0.296 e. The van der Waals surface area contributed by atoms with Crippen molar-refractivity contribution >= 4 is 23.0 Å². The molecule has 0 fully saturated rings. The Morgan fingerprint density at radius 3 is 2.62 bits per heavy atom. The molecule has 1 rings (SSSR count). The van der Waals surface area contributed by atoms with Crippen LogP contribution in [0.25, 0.3) is 0 Å². The fraction of sp³-hybridized carbons (Fsp3) is 0.250. The van der Waals surface area contributed by atoms with Crippen LogP contribution in [0.4, 0.5) is 11.4 Å². The zero-order valence-corrected chi connectivity index (χ0v) is 8.05. The fourth-order valence-electron chi connectivity index (χ4n) is 1.11. The van der Waals surface area contributed by atoms with Crippen LogP contribution in [-0.2, 0) is 0 Å². The molecular weight excluding hydrogens is 192 g/mol. The van der Waals surface area contributed by atoms with Crippen molar-refractivity contribution in [3.05, 3.63) is 32.8 Å². The lowest BCUT2D eigenvalue weighted by Crippen LogP contribution is -1.98. The molecule has 13 heavy (non-hydrogen) atoms. The molecule has 1 aromatic carbocycles. The van der Waals surface area contributed by atoms with E-state index in [1.54, 1.807) is 26.1 Å². The summed E-state index contributed by atoms with van der Waals surface area (Å²) in [5, 5.41) is 13.8. The molecule has 0 saturated carbocycles. The van der Waals surface area contributed by atoms with E-state index in [1.165, 1.54) is 0 Å². The summed E-state index contributed by atoms with van der Waals surface area (Å²) in [6.07, 6.45) is 0. The Morgan fingerprint density at radius 1 is 1.54 bits per heavy atom. The molecule has 0 heterocycles. The Bertz CT molecular complexity index is 352. The lowest BCUT2D eigenvalue weighted by Gasteiger charge is -2.05. The third-order valence-electron chi connectivity index (χ3n) is 1.82. The summed E-state index contributed by atoms with van der Waals surface area (Å²) in [5.41, 5.74) is 1.00. The van der Waals surface area contributed by atoms with Crippen LogP contribution in [0.5, 0.6) is 0 Å². The van der Waals surface area contributed by atoms with Crippen LogP contribution in [0.15, 0.2) is 12.1 Å². The first-order valence-corrected chi connectivity index (χ1v) is 4.07. The number of nitro groups is 1. The Kier molecular flexibility index (Phi) is 2.72. The molecule has 1 aromatic rings. The van der Waals surface area contributed by atoms with E-state index < -0.39 is 4.92 Å². The highest BCUT2D eigenvalue weighted by Gasteiger charge is 2.18. The number of hydrogen-bond acceptors (Lipinski definition) is 3. The maximum atomic E-state index is 10.7. The van der Waals surface area contributed by atoms with Gasteiger partial charge in [-0.25, -0.2) is 0 Å². The maximum absolute atomic E-state index is 10.7. The predicted octanol–water partition coefficient (Wildman–Crippen LogP) is 2.60. The number of hydrogen-bond donors (Lipinski definition) is 1. The third-order valence-corrected chi connectivity index (χ3v) is 2.23. The molecule has 0 bridgehead atoms. The molecule has 5 heteroatoms. The molecule has 0 amide bonds. The van der Waals surface area contributed by atoms with Gasteiger partial charge in [-0.05, 0) is 19.1 Å². The summed E-state index contributed by atoms with van der Waals surface area (Å²) >= 11 is 5.75. The van der Waals surface area contributed by atoms with E-state index >= 15 is 0 Å². The number of anilines is 1. The normalized spacial score (nSPS) is 9.77. The molecule has 0 spiro atoms. The summed E-state index contributed by atoms with van der Waals surface area (Å²) in [7, 11) is 1.63. The second kappa shape index (κ2) is 3.62. The van der Waals surface area contributed by atoms with Gasteiger partial charge in [0.15, 0.2) is 0 Å². The van der Waals surface area contributed by atoms with Gasteiger partial charge >= 0.3 is 0 Å². The van der Waals surface area contributed by atoms with Gasteiger partial charge in [0.25, 0.3) is 5.69 Å². The van der Waals surface area contributed by atoms with Crippen molar-refractivity contribution in [2.45, 2.75) is 6.92 Å². The van der Waals surface area contributed by atoms with Crippen molar-refractivity contribution in [1.29, 1.82) is 0 Å². The second-order valence-corrected chi connectivity index (χ2v) is 2.98. The summed E-state index contributed by atoms with van der Waals surface area (Å²) in [6, 6.07) is 3.23. The first kappa shape index (κ1) is 9.80. The predicted molar refractivity (Wildman–Crippen MR) is 52.4 cm³/mol. The first-order chi connectivity index (χ1) is 6.07. The number of nitro benzene ring substituents is 1. The van der Waals surface area contributed by atoms with E-state index in [9.17, 15) is 10.1 Å². The molecule has 0 aliphatic heterocycles. The zero-order valence-electron chi connectivity index (χ0n) is 7.30. The molecule has 0 unspecified atom stereocenters. The van der Waals surface area contributed by atoms with Crippen molar-refractivity contribution in [3.63, 3.8) is 0 Å². The summed E-state index contributed by atoms with van der Waals surface area (Å²) < 4.78 is 0. The third kappa shape index (κ3) is 1.72. The van der Waals surface area contributed by atoms with E-state index in [-0.39, 0.29) is 5.69 Å². The van der Waals surface area contributed by atoms with Gasteiger partial charge in [-0.2, -0.15) is 0 Å². The molecule has 0 atom stereocenters. The van der Waals surface area contributed by atoms with Gasteiger partial charge < -0.3 is 5.32 Å². The number of halogens is 1. The van der Waals surface area contributed by atoms with Crippen molar-refractivity contribution < 1.29 is 4.92 Å². The quantitative estimate of drug-likeness (QED) is 0.590. The highest BCUT2D eigenvalue weighted by molar-refractivity contribution is 6.31. The average molecular weight is 201 g/mol. The minimum absolute atomic E-state index is 0.0370. The zero-order chi connectivity index (χ0) is 10.0. The standard InChI is InChI=1S/C8H9ClN2O2/c1-5-6(9)3-4-7(10-2)8(5)11(12)13/h3-4,10H,1-2H3. The van der Waals surface area contributed by atoms with E-state index in [1.807, 2.05) is 0 Å². The van der Waals surface area contributed by atoms with Gasteiger partial charge in [0.05, 0.1) is 9.95 Å². The molecule has 0 aromatic heterocycles. The average Bonchev–Trinajstić information content (AvgIpc) is 2.08. The van der Waals surface area contributed by atoms with E-state index in [2.05, 4.69) is 5.32 Å². The molecule has 0 saturated heterocycles. The molecule has 0 radical (unpaired) electrons. The molecule has 0 aliphatic carbocycles. The Hall–Kier alpha value is -1.29. The number of rotatable bonds is 2. The van der Waals surface area contributed by atoms with Gasteiger partial charge in [0, 0.05) is 12.6 Å². The lowest BCUT2D eigenvalue weighted by molar-refractivity contribution is -0.384. The number of benzene rings is 1. The van der Waals surface area contributed by atoms with Crippen LogP contribution >= 0.6 is 11.6 Å². The number of nitrogens with zero attached hydrogens (tertiary/aromatic N) is 1. The Labute approximate surface area is 80.7 Å². The lowest BCUT2D eigenvalue weighted by atomic mass is 10.1. The Morgan fingerprint density at radius 2 is 2.15 bits per heavy atom. The summed E-state index contributed by atoms with van der Waals surface area (Å²) in [4.78, 5) is 10.2. The van der Waals surface area contributed by atoms with Gasteiger partial charge in [0.2, 0.25) is 0 Å². The smallest absolute Gasteiger partial charge is 0.296 e. The van der Waals surface area contributed by atoms with Gasteiger partial charge in [-0.1, -0.05) is 11.6 Å². The van der Waals surface area contributed by atoms with E-state index in [0.717, 1.165) is 0 Å². The number of nitrogens with one attached hydrogen (secondary N) is 1. The highest BCUT2D eigenvalue weighted by Crippen LogP contribution is 2.32. The van der Waals surface area contributed by atoms with Gasteiger partial charge in [-0.15, -0.1) is 0 Å². The Balaban J connectivity index is 3.41. The minimum Gasteiger partial charge on any atom is -0.383 e. The van der Waals surface area contributed by atoms with Crippen molar-refractivity contribution in [3.8, 4) is 0 Å². The molecule has 70 valence electrons. The van der Waals surface area contributed by atoms with Crippen molar-refractivity contribution in [2.24, 2.45) is 0 Å². The van der Waals surface area contributed by atoms with E-state index in [0.29, 0.717) is 16.3 Å². The van der Waals surface area contributed by atoms with Crippen LogP contribution in [0, 0.1) is 17.0 Å². The largest absolute Gasteiger partial charge is 0.383 e. The molecule has 0 aliphatic rings. The van der Waals surface area contributed by atoms with Crippen LogP contribution in [-0.4, -0.2) is 12.0 Å². The highest BCUT2D eigenvalue weighted by atomic mass is 35.5. The minimum atomic E-state index is -0.437. The van der Waals surface area contributed by atoms with Crippen LogP contribution < -0.4 is 5.32 Å². The van der Waals surface area contributed by atoms with Crippen LogP contribution in [0.1, 0.15) is 5.56 Å². The SMILES string of the molecule is CNc1ccc(Cl)c(C)c1[N+](=O)[O-]. The van der Waals surface area contributed by atoms with Gasteiger partial charge in [-0.3, -0.25) is 10.1 Å². The first-order valence-electron chi connectivity index (χ1n) is 3.69.